The maximum Gasteiger partial charge on any atom is 0.245 e. The van der Waals surface area contributed by atoms with Crippen molar-refractivity contribution < 1.29 is 22.7 Å². The minimum absolute atomic E-state index is 0.0614. The van der Waals surface area contributed by atoms with Gasteiger partial charge in [0.25, 0.3) is 0 Å². The van der Waals surface area contributed by atoms with Crippen LogP contribution in [0.15, 0.2) is 23.1 Å². The third-order valence-corrected chi connectivity index (χ3v) is 8.06. The first-order valence-electron chi connectivity index (χ1n) is 11.7. The Balaban J connectivity index is 1.49. The van der Waals surface area contributed by atoms with Crippen molar-refractivity contribution in [1.82, 2.24) is 14.5 Å². The standard InChI is InChI=1S/C23H33N4O5S/c1-17(23(29)26-13-6-12-25(15-16-26)18-10-11-18)24-33(30,31)20-8-5-7-19(22(20)32-2)27-14-4-3-9-21(27)28/h5,7-8,17-18,24H,1,3-4,6,9-16H2,2H3/t17-/m0/s1. The van der Waals surface area contributed by atoms with Crippen molar-refractivity contribution in [1.29, 1.82) is 0 Å². The summed E-state index contributed by atoms with van der Waals surface area (Å²) in [6.07, 6.45) is 5.37. The van der Waals surface area contributed by atoms with Gasteiger partial charge in [0.2, 0.25) is 21.8 Å². The molecule has 33 heavy (non-hydrogen) atoms. The van der Waals surface area contributed by atoms with Crippen LogP contribution in [0.2, 0.25) is 0 Å². The van der Waals surface area contributed by atoms with E-state index in [2.05, 4.69) is 16.5 Å². The van der Waals surface area contributed by atoms with Crippen LogP contribution in [0, 0.1) is 6.92 Å². The fraction of sp³-hybridized carbons (Fsp3) is 0.609. The van der Waals surface area contributed by atoms with Gasteiger partial charge < -0.3 is 14.5 Å². The summed E-state index contributed by atoms with van der Waals surface area (Å²) < 4.78 is 34.3. The smallest absolute Gasteiger partial charge is 0.245 e. The molecular formula is C23H33N4O5S. The molecule has 1 saturated carbocycles. The fourth-order valence-corrected chi connectivity index (χ4v) is 5.97. The van der Waals surface area contributed by atoms with Gasteiger partial charge >= 0.3 is 0 Å². The minimum Gasteiger partial charge on any atom is -0.493 e. The fourth-order valence-electron chi connectivity index (χ4n) is 4.68. The number of nitrogens with one attached hydrogen (secondary N) is 1. The molecule has 4 rings (SSSR count). The van der Waals surface area contributed by atoms with E-state index in [1.807, 2.05) is 0 Å². The van der Waals surface area contributed by atoms with E-state index in [4.69, 9.17) is 4.74 Å². The molecule has 2 saturated heterocycles. The summed E-state index contributed by atoms with van der Waals surface area (Å²) in [6.45, 7) is 7.23. The molecule has 3 fully saturated rings. The average molecular weight is 478 g/mol. The van der Waals surface area contributed by atoms with Crippen LogP contribution in [0.5, 0.6) is 5.75 Å². The van der Waals surface area contributed by atoms with Crippen LogP contribution in [-0.2, 0) is 19.6 Å². The third kappa shape index (κ3) is 5.33. The van der Waals surface area contributed by atoms with Gasteiger partial charge in [-0.2, -0.15) is 4.72 Å². The summed E-state index contributed by atoms with van der Waals surface area (Å²) in [7, 11) is -2.74. The van der Waals surface area contributed by atoms with Crippen LogP contribution < -0.4 is 14.4 Å². The molecule has 0 bridgehead atoms. The van der Waals surface area contributed by atoms with Crippen molar-refractivity contribution in [3.63, 3.8) is 0 Å². The number of carbonyl (C=O) groups is 2. The van der Waals surface area contributed by atoms with E-state index in [-0.39, 0.29) is 22.5 Å². The normalized spacial score (nSPS) is 21.6. The third-order valence-electron chi connectivity index (χ3n) is 6.57. The Morgan fingerprint density at radius 2 is 1.91 bits per heavy atom. The van der Waals surface area contributed by atoms with Gasteiger partial charge in [-0.1, -0.05) is 6.07 Å². The molecule has 9 nitrogen and oxygen atoms in total. The number of hydrogen-bond donors (Lipinski definition) is 1. The summed E-state index contributed by atoms with van der Waals surface area (Å²) in [5.41, 5.74) is 0.421. The highest BCUT2D eigenvalue weighted by Gasteiger charge is 2.34. The van der Waals surface area contributed by atoms with Crippen molar-refractivity contribution >= 4 is 27.5 Å². The number of carbonyl (C=O) groups excluding carboxylic acids is 2. The molecule has 0 aromatic heterocycles. The number of piperidine rings is 1. The molecule has 0 spiro atoms. The van der Waals surface area contributed by atoms with Gasteiger partial charge in [-0.25, -0.2) is 8.42 Å². The van der Waals surface area contributed by atoms with Crippen molar-refractivity contribution in [2.75, 3.05) is 44.7 Å². The predicted molar refractivity (Wildman–Crippen MR) is 124 cm³/mol. The summed E-state index contributed by atoms with van der Waals surface area (Å²) in [4.78, 5) is 31.0. The molecule has 2 heterocycles. The summed E-state index contributed by atoms with van der Waals surface area (Å²) in [5, 5.41) is 0. The van der Waals surface area contributed by atoms with Crippen LogP contribution in [0.1, 0.15) is 38.5 Å². The molecule has 1 radical (unpaired) electrons. The lowest BCUT2D eigenvalue weighted by Gasteiger charge is -2.29. The lowest BCUT2D eigenvalue weighted by molar-refractivity contribution is -0.131. The molecule has 1 atom stereocenters. The zero-order chi connectivity index (χ0) is 23.6. The van der Waals surface area contributed by atoms with Gasteiger partial charge in [0.15, 0.2) is 5.75 Å². The van der Waals surface area contributed by atoms with Crippen LogP contribution >= 0.6 is 0 Å². The molecule has 181 valence electrons. The monoisotopic (exact) mass is 477 g/mol. The van der Waals surface area contributed by atoms with E-state index in [1.54, 1.807) is 21.9 Å². The maximum absolute atomic E-state index is 13.2. The first kappa shape index (κ1) is 24.0. The van der Waals surface area contributed by atoms with E-state index >= 15 is 0 Å². The van der Waals surface area contributed by atoms with Gasteiger partial charge in [0, 0.05) is 45.2 Å². The van der Waals surface area contributed by atoms with Gasteiger partial charge in [0.1, 0.15) is 10.9 Å². The number of sulfonamides is 1. The molecule has 0 unspecified atom stereocenters. The Morgan fingerprint density at radius 3 is 2.61 bits per heavy atom. The molecule has 1 aliphatic carbocycles. The number of methoxy groups -OCH3 is 1. The maximum atomic E-state index is 13.2. The summed E-state index contributed by atoms with van der Waals surface area (Å²) in [6, 6.07) is 4.15. The Labute approximate surface area is 196 Å². The molecule has 1 aromatic carbocycles. The number of anilines is 1. The van der Waals surface area contributed by atoms with Gasteiger partial charge in [-0.15, -0.1) is 0 Å². The number of ether oxygens (including phenoxy) is 1. The van der Waals surface area contributed by atoms with Crippen molar-refractivity contribution in [2.45, 2.75) is 55.5 Å². The minimum atomic E-state index is -4.12. The van der Waals surface area contributed by atoms with Crippen molar-refractivity contribution in [3.8, 4) is 5.75 Å². The van der Waals surface area contributed by atoms with Gasteiger partial charge in [-0.05, 0) is 51.2 Å². The van der Waals surface area contributed by atoms with Crippen LogP contribution in [-0.4, -0.2) is 81.9 Å². The first-order chi connectivity index (χ1) is 15.8. The number of benzene rings is 1. The van der Waals surface area contributed by atoms with E-state index in [0.717, 1.165) is 32.4 Å². The van der Waals surface area contributed by atoms with Crippen molar-refractivity contribution in [3.05, 3.63) is 25.1 Å². The molecule has 1 N–H and O–H groups in total. The molecule has 3 aliphatic rings. The second kappa shape index (κ2) is 9.99. The lowest BCUT2D eigenvalue weighted by atomic mass is 10.1. The Bertz CT molecular complexity index is 995. The molecular weight excluding hydrogens is 444 g/mol. The van der Waals surface area contributed by atoms with E-state index in [0.29, 0.717) is 37.8 Å². The van der Waals surface area contributed by atoms with E-state index in [1.165, 1.54) is 26.0 Å². The topological polar surface area (TPSA) is 99.3 Å². The van der Waals surface area contributed by atoms with Gasteiger partial charge in [-0.3, -0.25) is 14.5 Å². The Hall–Kier alpha value is -2.17. The zero-order valence-corrected chi connectivity index (χ0v) is 20.0. The molecule has 2 aliphatic heterocycles. The van der Waals surface area contributed by atoms with Crippen LogP contribution in [0.4, 0.5) is 5.69 Å². The average Bonchev–Trinajstić information content (AvgIpc) is 3.65. The lowest BCUT2D eigenvalue weighted by Crippen LogP contribution is -2.48. The van der Waals surface area contributed by atoms with Crippen LogP contribution in [0.3, 0.4) is 0 Å². The number of hydrogen-bond acceptors (Lipinski definition) is 6. The Morgan fingerprint density at radius 1 is 1.12 bits per heavy atom. The SMILES string of the molecule is [CH2][C@H](NS(=O)(=O)c1cccc(N2CCCCC2=O)c1OC)C(=O)N1CCCN(C2CC2)CC1. The van der Waals surface area contributed by atoms with Crippen LogP contribution in [0.25, 0.3) is 0 Å². The number of nitrogens with zero attached hydrogens (tertiary/aromatic N) is 3. The molecule has 1 aromatic rings. The zero-order valence-electron chi connectivity index (χ0n) is 19.2. The highest BCUT2D eigenvalue weighted by molar-refractivity contribution is 7.89. The highest BCUT2D eigenvalue weighted by atomic mass is 32.2. The van der Waals surface area contributed by atoms with Gasteiger partial charge in [0.05, 0.1) is 12.8 Å². The van der Waals surface area contributed by atoms with Crippen molar-refractivity contribution in [2.24, 2.45) is 0 Å². The second-order valence-corrected chi connectivity index (χ2v) is 10.6. The molecule has 2 amide bonds. The quantitative estimate of drug-likeness (QED) is 0.637. The highest BCUT2D eigenvalue weighted by Crippen LogP contribution is 2.36. The molecule has 10 heteroatoms. The number of para-hydroxylation sites is 1. The second-order valence-electron chi connectivity index (χ2n) is 8.93. The summed E-state index contributed by atoms with van der Waals surface area (Å²) in [5.74, 6) is -0.305. The first-order valence-corrected chi connectivity index (χ1v) is 13.2. The van der Waals surface area contributed by atoms with E-state index < -0.39 is 16.1 Å². The van der Waals surface area contributed by atoms with E-state index in [9.17, 15) is 18.0 Å². The predicted octanol–water partition coefficient (Wildman–Crippen LogP) is 1.39. The Kier molecular flexibility index (Phi) is 7.25. The summed E-state index contributed by atoms with van der Waals surface area (Å²) >= 11 is 0. The number of rotatable bonds is 7. The largest absolute Gasteiger partial charge is 0.493 e. The number of amides is 2.